The number of esters is 1. The van der Waals surface area contributed by atoms with Crippen LogP contribution in [0.15, 0.2) is 53.5 Å². The minimum Gasteiger partial charge on any atom is -0.494 e. The molecule has 0 N–H and O–H groups in total. The van der Waals surface area contributed by atoms with Crippen LogP contribution in [-0.4, -0.2) is 30.8 Å². The fraction of sp³-hybridized carbons (Fsp3) is 0.125. The van der Waals surface area contributed by atoms with Gasteiger partial charge in [0.05, 0.1) is 25.2 Å². The number of nitro groups is 1. The topological polar surface area (TPSA) is 91.0 Å². The van der Waals surface area contributed by atoms with Crippen LogP contribution in [0, 0.1) is 10.1 Å². The van der Waals surface area contributed by atoms with Crippen molar-refractivity contribution in [1.82, 2.24) is 0 Å². The molecule has 2 aromatic carbocycles. The summed E-state index contributed by atoms with van der Waals surface area (Å²) < 4.78 is 9.88. The predicted octanol–water partition coefficient (Wildman–Crippen LogP) is 2.90. The van der Waals surface area contributed by atoms with Crippen molar-refractivity contribution in [3.05, 3.63) is 64.2 Å². The molecule has 0 saturated carbocycles. The van der Waals surface area contributed by atoms with Gasteiger partial charge in [-0.2, -0.15) is 0 Å². The molecule has 0 radical (unpaired) electrons. The number of benzene rings is 2. The fourth-order valence-electron chi connectivity index (χ4n) is 1.91. The lowest BCUT2D eigenvalue weighted by atomic mass is 10.1. The maximum absolute atomic E-state index is 12.0. The lowest BCUT2D eigenvalue weighted by Crippen LogP contribution is -2.16. The Morgan fingerprint density at radius 2 is 1.83 bits per heavy atom. The minimum absolute atomic E-state index is 0.0836. The van der Waals surface area contributed by atoms with E-state index in [1.54, 1.807) is 24.3 Å². The van der Waals surface area contributed by atoms with E-state index in [1.807, 2.05) is 6.07 Å². The minimum atomic E-state index is -0.614. The molecule has 7 nitrogen and oxygen atoms in total. The maximum Gasteiger partial charge on any atom is 0.357 e. The van der Waals surface area contributed by atoms with Gasteiger partial charge in [-0.15, -0.1) is 0 Å². The van der Waals surface area contributed by atoms with E-state index < -0.39 is 10.9 Å². The third kappa shape index (κ3) is 3.70. The molecule has 0 spiro atoms. The van der Waals surface area contributed by atoms with E-state index in [4.69, 9.17) is 9.47 Å². The van der Waals surface area contributed by atoms with E-state index in [0.29, 0.717) is 11.3 Å². The van der Waals surface area contributed by atoms with E-state index in [1.165, 1.54) is 32.4 Å². The normalized spacial score (nSPS) is 11.0. The smallest absolute Gasteiger partial charge is 0.357 e. The first-order valence-electron chi connectivity index (χ1n) is 6.61. The number of nitro benzene ring substituents is 1. The Bertz CT molecular complexity index is 756. The van der Waals surface area contributed by atoms with Gasteiger partial charge in [0.25, 0.3) is 5.69 Å². The molecule has 118 valence electrons. The highest BCUT2D eigenvalue weighted by Crippen LogP contribution is 2.32. The highest BCUT2D eigenvalue weighted by Gasteiger charge is 2.17. The number of non-ortho nitro benzene ring substituents is 1. The summed E-state index contributed by atoms with van der Waals surface area (Å²) in [5.41, 5.74) is 0.822. The average molecular weight is 314 g/mol. The molecule has 0 aliphatic rings. The molecule has 7 heteroatoms. The molecule has 2 rings (SSSR count). The number of hydrogen-bond acceptors (Lipinski definition) is 6. The molecule has 2 aromatic rings. The Labute approximate surface area is 132 Å². The predicted molar refractivity (Wildman–Crippen MR) is 84.3 cm³/mol. The van der Waals surface area contributed by atoms with Crippen LogP contribution in [0.2, 0.25) is 0 Å². The summed E-state index contributed by atoms with van der Waals surface area (Å²) in [5, 5.41) is 10.8. The largest absolute Gasteiger partial charge is 0.494 e. The van der Waals surface area contributed by atoms with Crippen molar-refractivity contribution in [3.8, 4) is 5.75 Å². The number of carbonyl (C=O) groups excluding carboxylic acids is 1. The highest BCUT2D eigenvalue weighted by molar-refractivity contribution is 6.43. The van der Waals surface area contributed by atoms with E-state index in [2.05, 4.69) is 4.99 Å². The summed E-state index contributed by atoms with van der Waals surface area (Å²) in [6.45, 7) is 0. The van der Waals surface area contributed by atoms with Gasteiger partial charge < -0.3 is 9.47 Å². The van der Waals surface area contributed by atoms with Crippen molar-refractivity contribution < 1.29 is 19.2 Å². The summed E-state index contributed by atoms with van der Waals surface area (Å²) >= 11 is 0. The zero-order valence-electron chi connectivity index (χ0n) is 12.6. The third-order valence-electron chi connectivity index (χ3n) is 3.03. The SMILES string of the molecule is COC(=O)C(=Nc1ccc([N+](=O)[O-])cc1OC)c1ccccc1. The van der Waals surface area contributed by atoms with E-state index in [9.17, 15) is 14.9 Å². The molecule has 0 amide bonds. The van der Waals surface area contributed by atoms with E-state index in [-0.39, 0.29) is 17.1 Å². The van der Waals surface area contributed by atoms with Gasteiger partial charge in [-0.25, -0.2) is 9.79 Å². The molecule has 0 saturated heterocycles. The van der Waals surface area contributed by atoms with Crippen molar-refractivity contribution >= 4 is 23.1 Å². The van der Waals surface area contributed by atoms with Gasteiger partial charge in [-0.3, -0.25) is 10.1 Å². The zero-order valence-corrected chi connectivity index (χ0v) is 12.6. The van der Waals surface area contributed by atoms with Crippen molar-refractivity contribution in [2.24, 2.45) is 4.99 Å². The Hall–Kier alpha value is -3.22. The Kier molecular flexibility index (Phi) is 5.03. The Morgan fingerprint density at radius 3 is 2.39 bits per heavy atom. The number of rotatable bonds is 5. The second-order valence-corrected chi connectivity index (χ2v) is 4.43. The summed E-state index contributed by atoms with van der Waals surface area (Å²) in [6, 6.07) is 12.7. The molecular formula is C16H14N2O5. The summed E-state index contributed by atoms with van der Waals surface area (Å²) in [6.07, 6.45) is 0. The quantitative estimate of drug-likeness (QED) is 0.366. The molecule has 0 unspecified atom stereocenters. The molecule has 0 heterocycles. The summed E-state index contributed by atoms with van der Waals surface area (Å²) in [4.78, 5) is 26.5. The highest BCUT2D eigenvalue weighted by atomic mass is 16.6. The zero-order chi connectivity index (χ0) is 16.8. The summed E-state index contributed by atoms with van der Waals surface area (Å²) in [5.74, 6) is -0.423. The monoisotopic (exact) mass is 314 g/mol. The number of aliphatic imine (C=N–C) groups is 1. The van der Waals surface area contributed by atoms with Gasteiger partial charge in [-0.1, -0.05) is 30.3 Å². The number of nitrogens with zero attached hydrogens (tertiary/aromatic N) is 2. The molecule has 0 fully saturated rings. The molecule has 0 aliphatic carbocycles. The van der Waals surface area contributed by atoms with Crippen LogP contribution in [0.3, 0.4) is 0 Å². The van der Waals surface area contributed by atoms with Crippen LogP contribution in [0.4, 0.5) is 11.4 Å². The van der Waals surface area contributed by atoms with E-state index in [0.717, 1.165) is 0 Å². The number of ether oxygens (including phenoxy) is 2. The molecule has 0 atom stereocenters. The number of hydrogen-bond donors (Lipinski definition) is 0. The van der Waals surface area contributed by atoms with Crippen LogP contribution in [0.5, 0.6) is 5.75 Å². The standard InChI is InChI=1S/C16H14N2O5/c1-22-14-10-12(18(20)21)8-9-13(14)17-15(16(19)23-2)11-6-4-3-5-7-11/h3-10H,1-2H3. The lowest BCUT2D eigenvalue weighted by Gasteiger charge is -2.08. The molecular weight excluding hydrogens is 300 g/mol. The van der Waals surface area contributed by atoms with Crippen LogP contribution in [0.25, 0.3) is 0 Å². The molecule has 0 aliphatic heterocycles. The van der Waals surface area contributed by atoms with Crippen LogP contribution in [-0.2, 0) is 9.53 Å². The van der Waals surface area contributed by atoms with Gasteiger partial charge in [0.1, 0.15) is 5.69 Å². The molecule has 23 heavy (non-hydrogen) atoms. The van der Waals surface area contributed by atoms with Crippen LogP contribution >= 0.6 is 0 Å². The van der Waals surface area contributed by atoms with Crippen molar-refractivity contribution in [1.29, 1.82) is 0 Å². The van der Waals surface area contributed by atoms with Crippen LogP contribution < -0.4 is 4.74 Å². The summed E-state index contributed by atoms with van der Waals surface area (Å²) in [7, 11) is 2.63. The first-order valence-corrected chi connectivity index (χ1v) is 6.61. The lowest BCUT2D eigenvalue weighted by molar-refractivity contribution is -0.384. The second kappa shape index (κ2) is 7.17. The number of methoxy groups -OCH3 is 2. The first kappa shape index (κ1) is 16.2. The Morgan fingerprint density at radius 1 is 1.13 bits per heavy atom. The van der Waals surface area contributed by atoms with Gasteiger partial charge in [-0.05, 0) is 6.07 Å². The number of carbonyl (C=O) groups is 1. The van der Waals surface area contributed by atoms with Gasteiger partial charge in [0.2, 0.25) is 0 Å². The van der Waals surface area contributed by atoms with Gasteiger partial charge in [0, 0.05) is 11.6 Å². The van der Waals surface area contributed by atoms with Gasteiger partial charge in [0.15, 0.2) is 11.5 Å². The van der Waals surface area contributed by atoms with Gasteiger partial charge >= 0.3 is 5.97 Å². The average Bonchev–Trinajstić information content (AvgIpc) is 2.59. The first-order chi connectivity index (χ1) is 11.1. The van der Waals surface area contributed by atoms with Crippen molar-refractivity contribution in [3.63, 3.8) is 0 Å². The third-order valence-corrected chi connectivity index (χ3v) is 3.03. The fourth-order valence-corrected chi connectivity index (χ4v) is 1.91. The second-order valence-electron chi connectivity index (χ2n) is 4.43. The molecule has 0 bridgehead atoms. The van der Waals surface area contributed by atoms with E-state index >= 15 is 0 Å². The molecule has 0 aromatic heterocycles. The van der Waals surface area contributed by atoms with Crippen molar-refractivity contribution in [2.45, 2.75) is 0 Å². The Balaban J connectivity index is 2.55. The maximum atomic E-state index is 12.0. The van der Waals surface area contributed by atoms with Crippen LogP contribution in [0.1, 0.15) is 5.56 Å². The van der Waals surface area contributed by atoms with Crippen molar-refractivity contribution in [2.75, 3.05) is 14.2 Å².